The first-order valence-corrected chi connectivity index (χ1v) is 10.3. The molecule has 3 rings (SSSR count). The van der Waals surface area contributed by atoms with Crippen LogP contribution in [0.5, 0.6) is 5.75 Å². The maximum absolute atomic E-state index is 10.5. The van der Waals surface area contributed by atoms with E-state index in [-0.39, 0.29) is 6.04 Å². The number of aliphatic hydroxyl groups is 1. The summed E-state index contributed by atoms with van der Waals surface area (Å²) < 4.78 is 10.8. The van der Waals surface area contributed by atoms with Crippen molar-refractivity contribution in [3.05, 3.63) is 54.0 Å². The van der Waals surface area contributed by atoms with E-state index in [0.717, 1.165) is 36.7 Å². The first kappa shape index (κ1) is 21.2. The smallest absolute Gasteiger partial charge is 0.191 e. The van der Waals surface area contributed by atoms with Gasteiger partial charge < -0.3 is 24.9 Å². The van der Waals surface area contributed by atoms with Crippen molar-refractivity contribution in [2.75, 3.05) is 39.8 Å². The maximum atomic E-state index is 10.5. The summed E-state index contributed by atoms with van der Waals surface area (Å²) in [6.45, 7) is 5.89. The number of aliphatic hydroxyl groups excluding tert-OH is 1. The molecule has 0 saturated carbocycles. The molecule has 2 unspecified atom stereocenters. The van der Waals surface area contributed by atoms with Crippen molar-refractivity contribution in [3.63, 3.8) is 0 Å². The zero-order valence-corrected chi connectivity index (χ0v) is 17.3. The molecular formula is C22H32N4O3. The number of hydrogen-bond donors (Lipinski definition) is 3. The molecule has 158 valence electrons. The van der Waals surface area contributed by atoms with Crippen molar-refractivity contribution in [1.29, 1.82) is 0 Å². The molecule has 7 heteroatoms. The largest absolute Gasteiger partial charge is 0.497 e. The lowest BCUT2D eigenvalue weighted by Gasteiger charge is -2.25. The molecule has 0 spiro atoms. The lowest BCUT2D eigenvalue weighted by atomic mass is 10.1. The number of ether oxygens (including phenoxy) is 1. The van der Waals surface area contributed by atoms with Crippen LogP contribution in [0, 0.1) is 0 Å². The highest BCUT2D eigenvalue weighted by molar-refractivity contribution is 5.79. The molecule has 7 nitrogen and oxygen atoms in total. The van der Waals surface area contributed by atoms with E-state index < -0.39 is 6.10 Å². The van der Waals surface area contributed by atoms with Gasteiger partial charge in [0.2, 0.25) is 0 Å². The summed E-state index contributed by atoms with van der Waals surface area (Å²) in [5.41, 5.74) is 0.833. The molecule has 1 saturated heterocycles. The van der Waals surface area contributed by atoms with Crippen LogP contribution in [0.3, 0.4) is 0 Å². The summed E-state index contributed by atoms with van der Waals surface area (Å²) in [6, 6.07) is 11.5. The van der Waals surface area contributed by atoms with E-state index in [1.807, 2.05) is 43.3 Å². The minimum atomic E-state index is -0.635. The number of rotatable bonds is 9. The Labute approximate surface area is 172 Å². The van der Waals surface area contributed by atoms with Crippen LogP contribution in [-0.2, 0) is 0 Å². The average Bonchev–Trinajstić information content (AvgIpc) is 3.47. The second-order valence-electron chi connectivity index (χ2n) is 7.16. The van der Waals surface area contributed by atoms with Gasteiger partial charge in [0.15, 0.2) is 5.96 Å². The highest BCUT2D eigenvalue weighted by Gasteiger charge is 2.25. The Balaban J connectivity index is 1.61. The summed E-state index contributed by atoms with van der Waals surface area (Å²) >= 11 is 0. The summed E-state index contributed by atoms with van der Waals surface area (Å²) in [5.74, 6) is 2.41. The number of furan rings is 1. The van der Waals surface area contributed by atoms with E-state index in [1.54, 1.807) is 13.4 Å². The fourth-order valence-electron chi connectivity index (χ4n) is 3.58. The van der Waals surface area contributed by atoms with Gasteiger partial charge in [-0.3, -0.25) is 9.89 Å². The van der Waals surface area contributed by atoms with Crippen LogP contribution in [0.2, 0.25) is 0 Å². The third-order valence-electron chi connectivity index (χ3n) is 5.18. The van der Waals surface area contributed by atoms with E-state index in [9.17, 15) is 5.11 Å². The number of aliphatic imine (C=N–C) groups is 1. The van der Waals surface area contributed by atoms with E-state index in [2.05, 4.69) is 15.5 Å². The van der Waals surface area contributed by atoms with E-state index in [0.29, 0.717) is 19.0 Å². The van der Waals surface area contributed by atoms with Crippen molar-refractivity contribution in [2.24, 2.45) is 4.99 Å². The van der Waals surface area contributed by atoms with Crippen molar-refractivity contribution in [3.8, 4) is 5.75 Å². The molecule has 2 heterocycles. The predicted octanol–water partition coefficient (Wildman–Crippen LogP) is 2.71. The van der Waals surface area contributed by atoms with Gasteiger partial charge in [0, 0.05) is 13.1 Å². The average molecular weight is 401 g/mol. The van der Waals surface area contributed by atoms with E-state index >= 15 is 0 Å². The Morgan fingerprint density at radius 1 is 1.21 bits per heavy atom. The van der Waals surface area contributed by atoms with Gasteiger partial charge in [-0.05, 0) is 62.7 Å². The van der Waals surface area contributed by atoms with Crippen LogP contribution in [0.15, 0.2) is 52.1 Å². The predicted molar refractivity (Wildman–Crippen MR) is 114 cm³/mol. The van der Waals surface area contributed by atoms with Crippen molar-refractivity contribution < 1.29 is 14.3 Å². The van der Waals surface area contributed by atoms with Crippen LogP contribution in [0.1, 0.15) is 43.2 Å². The third-order valence-corrected chi connectivity index (χ3v) is 5.18. The quantitative estimate of drug-likeness (QED) is 0.444. The van der Waals surface area contributed by atoms with Gasteiger partial charge in [-0.1, -0.05) is 12.1 Å². The second kappa shape index (κ2) is 10.9. The van der Waals surface area contributed by atoms with Crippen LogP contribution < -0.4 is 15.4 Å². The molecule has 2 atom stereocenters. The second-order valence-corrected chi connectivity index (χ2v) is 7.16. The van der Waals surface area contributed by atoms with Crippen LogP contribution in [-0.4, -0.2) is 55.8 Å². The molecular weight excluding hydrogens is 368 g/mol. The molecule has 3 N–H and O–H groups in total. The fraction of sp³-hybridized carbons (Fsp3) is 0.500. The molecule has 1 fully saturated rings. The van der Waals surface area contributed by atoms with Gasteiger partial charge in [-0.2, -0.15) is 0 Å². The van der Waals surface area contributed by atoms with Gasteiger partial charge in [0.25, 0.3) is 0 Å². The molecule has 1 aromatic heterocycles. The van der Waals surface area contributed by atoms with Crippen LogP contribution in [0.4, 0.5) is 0 Å². The summed E-state index contributed by atoms with van der Waals surface area (Å²) in [5, 5.41) is 17.0. The Hall–Kier alpha value is -2.51. The monoisotopic (exact) mass is 400 g/mol. The highest BCUT2D eigenvalue weighted by atomic mass is 16.5. The maximum Gasteiger partial charge on any atom is 0.191 e. The SMILES string of the molecule is CCNC(=NCC(c1ccco1)N1CCCC1)NCC(O)c1ccc(OC)cc1. The van der Waals surface area contributed by atoms with Gasteiger partial charge >= 0.3 is 0 Å². The van der Waals surface area contributed by atoms with Gasteiger partial charge in [-0.15, -0.1) is 0 Å². The topological polar surface area (TPSA) is 82.3 Å². The lowest BCUT2D eigenvalue weighted by Crippen LogP contribution is -2.40. The van der Waals surface area contributed by atoms with Gasteiger partial charge in [-0.25, -0.2) is 0 Å². The Kier molecular flexibility index (Phi) is 7.95. The summed E-state index contributed by atoms with van der Waals surface area (Å²) in [7, 11) is 1.63. The molecule has 2 aromatic rings. The first-order valence-electron chi connectivity index (χ1n) is 10.3. The van der Waals surface area contributed by atoms with Crippen molar-refractivity contribution >= 4 is 5.96 Å². The molecule has 0 radical (unpaired) electrons. The normalized spacial score (nSPS) is 17.1. The number of nitrogens with zero attached hydrogens (tertiary/aromatic N) is 2. The Morgan fingerprint density at radius 3 is 2.59 bits per heavy atom. The summed E-state index contributed by atoms with van der Waals surface area (Å²) in [4.78, 5) is 7.20. The van der Waals surface area contributed by atoms with Crippen molar-refractivity contribution in [2.45, 2.75) is 31.9 Å². The molecule has 1 aromatic carbocycles. The third kappa shape index (κ3) is 5.98. The number of likely N-dealkylation sites (tertiary alicyclic amines) is 1. The lowest BCUT2D eigenvalue weighted by molar-refractivity contribution is 0.180. The van der Waals surface area contributed by atoms with Crippen molar-refractivity contribution in [1.82, 2.24) is 15.5 Å². The summed E-state index contributed by atoms with van der Waals surface area (Å²) in [6.07, 6.45) is 3.52. The molecule has 0 aliphatic carbocycles. The zero-order valence-electron chi connectivity index (χ0n) is 17.3. The number of benzene rings is 1. The Bertz CT molecular complexity index is 740. The van der Waals surface area contributed by atoms with Gasteiger partial charge in [0.1, 0.15) is 11.5 Å². The fourth-order valence-corrected chi connectivity index (χ4v) is 3.58. The van der Waals surface area contributed by atoms with Crippen LogP contribution >= 0.6 is 0 Å². The molecule has 1 aliphatic heterocycles. The number of methoxy groups -OCH3 is 1. The number of hydrogen-bond acceptors (Lipinski definition) is 5. The first-order chi connectivity index (χ1) is 14.2. The Morgan fingerprint density at radius 2 is 1.97 bits per heavy atom. The zero-order chi connectivity index (χ0) is 20.5. The van der Waals surface area contributed by atoms with Crippen LogP contribution in [0.25, 0.3) is 0 Å². The highest BCUT2D eigenvalue weighted by Crippen LogP contribution is 2.25. The van der Waals surface area contributed by atoms with Gasteiger partial charge in [0.05, 0.1) is 32.1 Å². The molecule has 29 heavy (non-hydrogen) atoms. The standard InChI is InChI=1S/C22H32N4O3/c1-3-23-22(25-16-20(27)17-8-10-18(28-2)11-9-17)24-15-19(21-7-6-14-29-21)26-12-4-5-13-26/h6-11,14,19-20,27H,3-5,12-13,15-16H2,1-2H3,(H2,23,24,25). The number of nitrogens with one attached hydrogen (secondary N) is 2. The number of guanidine groups is 1. The molecule has 1 aliphatic rings. The molecule has 0 bridgehead atoms. The van der Waals surface area contributed by atoms with E-state index in [1.165, 1.54) is 12.8 Å². The molecule has 0 amide bonds. The minimum absolute atomic E-state index is 0.134. The van der Waals surface area contributed by atoms with E-state index in [4.69, 9.17) is 14.1 Å². The minimum Gasteiger partial charge on any atom is -0.497 e.